The highest BCUT2D eigenvalue weighted by Gasteiger charge is 2.63. The summed E-state index contributed by atoms with van der Waals surface area (Å²) in [6, 6.07) is 0. The summed E-state index contributed by atoms with van der Waals surface area (Å²) in [7, 11) is -3.69. The maximum atomic E-state index is 6.56. The van der Waals surface area contributed by atoms with Crippen LogP contribution < -0.4 is 0 Å². The van der Waals surface area contributed by atoms with E-state index in [2.05, 4.69) is 60.1 Å². The molecule has 15 heavy (non-hydrogen) atoms. The molecule has 0 bridgehead atoms. The molecule has 0 saturated carbocycles. The normalized spacial score (nSPS) is 36.2. The van der Waals surface area contributed by atoms with Crippen LogP contribution >= 0.6 is 0 Å². The SMILES string of the molecule is CC1C(C)(C)O[Si](C)(C)[Si](C)(C)[Si]1(C)C. The summed E-state index contributed by atoms with van der Waals surface area (Å²) in [5.74, 6) is 0. The molecule has 90 valence electrons. The zero-order chi connectivity index (χ0) is 12.3. The van der Waals surface area contributed by atoms with Gasteiger partial charge in [-0.1, -0.05) is 33.1 Å². The summed E-state index contributed by atoms with van der Waals surface area (Å²) < 4.78 is 6.56. The van der Waals surface area contributed by atoms with Crippen molar-refractivity contribution in [1.82, 2.24) is 0 Å². The van der Waals surface area contributed by atoms with Crippen LogP contribution in [0.25, 0.3) is 0 Å². The summed E-state index contributed by atoms with van der Waals surface area (Å²) >= 11 is 0. The van der Waals surface area contributed by atoms with Crippen molar-refractivity contribution in [3.05, 3.63) is 0 Å². The van der Waals surface area contributed by atoms with Crippen molar-refractivity contribution in [2.75, 3.05) is 0 Å². The molecule has 1 aliphatic rings. The molecule has 0 aromatic carbocycles. The Kier molecular flexibility index (Phi) is 3.01. The van der Waals surface area contributed by atoms with Gasteiger partial charge in [0.1, 0.15) is 0 Å². The molecule has 0 spiro atoms. The van der Waals surface area contributed by atoms with Gasteiger partial charge in [0.05, 0.1) is 12.7 Å². The third kappa shape index (κ3) is 1.73. The predicted octanol–water partition coefficient (Wildman–Crippen LogP) is 3.96. The van der Waals surface area contributed by atoms with Gasteiger partial charge < -0.3 is 4.43 Å². The highest BCUT2D eigenvalue weighted by molar-refractivity contribution is 7.68. The van der Waals surface area contributed by atoms with Crippen LogP contribution in [0.3, 0.4) is 0 Å². The fourth-order valence-electron chi connectivity index (χ4n) is 3.06. The zero-order valence-electron chi connectivity index (χ0n) is 12.0. The molecule has 1 fully saturated rings. The minimum absolute atomic E-state index is 0.119. The lowest BCUT2D eigenvalue weighted by molar-refractivity contribution is 0.0955. The molecule has 0 aromatic heterocycles. The van der Waals surface area contributed by atoms with Crippen molar-refractivity contribution in [2.24, 2.45) is 0 Å². The van der Waals surface area contributed by atoms with Gasteiger partial charge in [-0.25, -0.2) is 0 Å². The molecule has 4 heteroatoms. The van der Waals surface area contributed by atoms with Crippen LogP contribution in [0.4, 0.5) is 0 Å². The molecule has 1 rings (SSSR count). The first-order valence-electron chi connectivity index (χ1n) is 6.06. The standard InChI is InChI=1S/C11H28OSi3/c1-10-11(2,3)12-14(6,7)15(8,9)13(10,4)5/h10H,1-9H3. The average molecular weight is 261 g/mol. The minimum Gasteiger partial charge on any atom is -0.415 e. The highest BCUT2D eigenvalue weighted by Crippen LogP contribution is 2.49. The van der Waals surface area contributed by atoms with Gasteiger partial charge in [0.25, 0.3) is 0 Å². The number of hydrogen-bond donors (Lipinski definition) is 0. The molecule has 1 unspecified atom stereocenters. The van der Waals surface area contributed by atoms with Gasteiger partial charge in [-0.15, -0.1) is 0 Å². The molecule has 0 N–H and O–H groups in total. The van der Waals surface area contributed by atoms with E-state index in [1.807, 2.05) is 0 Å². The monoisotopic (exact) mass is 260 g/mol. The van der Waals surface area contributed by atoms with E-state index in [0.717, 1.165) is 5.54 Å². The van der Waals surface area contributed by atoms with Crippen LogP contribution in [0.15, 0.2) is 0 Å². The Morgan fingerprint density at radius 3 is 1.73 bits per heavy atom. The van der Waals surface area contributed by atoms with Gasteiger partial charge in [-0.3, -0.25) is 0 Å². The number of rotatable bonds is 0. The van der Waals surface area contributed by atoms with Crippen molar-refractivity contribution in [1.29, 1.82) is 0 Å². The second-order valence-corrected chi connectivity index (χ2v) is 34.5. The highest BCUT2D eigenvalue weighted by atomic mass is 29.6. The third-order valence-corrected chi connectivity index (χ3v) is 47.4. The maximum Gasteiger partial charge on any atom is 0.172 e. The lowest BCUT2D eigenvalue weighted by Gasteiger charge is -2.61. The fourth-order valence-corrected chi connectivity index (χ4v) is 36.2. The van der Waals surface area contributed by atoms with Gasteiger partial charge in [0.2, 0.25) is 0 Å². The van der Waals surface area contributed by atoms with E-state index < -0.39 is 22.5 Å². The Morgan fingerprint density at radius 1 is 0.933 bits per heavy atom. The molecular weight excluding hydrogens is 232 g/mol. The largest absolute Gasteiger partial charge is 0.415 e. The molecule has 1 heterocycles. The molecule has 0 amide bonds. The van der Waals surface area contributed by atoms with Crippen LogP contribution in [-0.4, -0.2) is 28.1 Å². The summed E-state index contributed by atoms with van der Waals surface area (Å²) in [5, 5.41) is 0. The number of hydrogen-bond acceptors (Lipinski definition) is 1. The first kappa shape index (κ1) is 13.7. The Morgan fingerprint density at radius 2 is 1.33 bits per heavy atom. The van der Waals surface area contributed by atoms with E-state index in [0.29, 0.717) is 0 Å². The fraction of sp³-hybridized carbons (Fsp3) is 1.00. The first-order valence-corrected chi connectivity index (χ1v) is 17.0. The van der Waals surface area contributed by atoms with Crippen LogP contribution in [-0.2, 0) is 4.43 Å². The molecule has 0 aliphatic carbocycles. The van der Waals surface area contributed by atoms with Crippen LogP contribution in [0.5, 0.6) is 0 Å². The molecule has 1 atom stereocenters. The van der Waals surface area contributed by atoms with Gasteiger partial charge >= 0.3 is 0 Å². The van der Waals surface area contributed by atoms with Gasteiger partial charge in [-0.2, -0.15) is 0 Å². The van der Waals surface area contributed by atoms with Crippen molar-refractivity contribution >= 4 is 22.5 Å². The van der Waals surface area contributed by atoms with E-state index in [1.54, 1.807) is 0 Å². The van der Waals surface area contributed by atoms with E-state index in [4.69, 9.17) is 4.43 Å². The van der Waals surface area contributed by atoms with Crippen molar-refractivity contribution in [2.45, 2.75) is 71.2 Å². The van der Waals surface area contributed by atoms with E-state index in [1.165, 1.54) is 0 Å². The zero-order valence-corrected chi connectivity index (χ0v) is 15.0. The van der Waals surface area contributed by atoms with Gasteiger partial charge in [0.15, 0.2) is 7.83 Å². The van der Waals surface area contributed by atoms with Crippen LogP contribution in [0.1, 0.15) is 20.8 Å². The topological polar surface area (TPSA) is 9.23 Å². The minimum atomic E-state index is -1.43. The second-order valence-electron chi connectivity index (χ2n) is 7.28. The molecular formula is C11H28OSi3. The average Bonchev–Trinajstić information content (AvgIpc) is 1.98. The lowest BCUT2D eigenvalue weighted by Crippen LogP contribution is -2.79. The van der Waals surface area contributed by atoms with Crippen molar-refractivity contribution in [3.63, 3.8) is 0 Å². The van der Waals surface area contributed by atoms with Gasteiger partial charge in [-0.05, 0) is 32.5 Å². The molecule has 0 aromatic rings. The van der Waals surface area contributed by atoms with Crippen molar-refractivity contribution in [3.8, 4) is 0 Å². The molecule has 0 radical (unpaired) electrons. The Labute approximate surface area is 98.3 Å². The smallest absolute Gasteiger partial charge is 0.172 e. The summed E-state index contributed by atoms with van der Waals surface area (Å²) in [6.07, 6.45) is 0. The predicted molar refractivity (Wildman–Crippen MR) is 77.0 cm³/mol. The Balaban J connectivity index is 3.27. The summed E-state index contributed by atoms with van der Waals surface area (Å²) in [4.78, 5) is 0. The Bertz CT molecular complexity index is 269. The molecule has 1 saturated heterocycles. The summed E-state index contributed by atoms with van der Waals surface area (Å²) in [6.45, 7) is 22.4. The van der Waals surface area contributed by atoms with Crippen LogP contribution in [0.2, 0.25) is 44.8 Å². The van der Waals surface area contributed by atoms with Gasteiger partial charge in [0, 0.05) is 7.59 Å². The van der Waals surface area contributed by atoms with E-state index in [9.17, 15) is 0 Å². The molecule has 1 aliphatic heterocycles. The van der Waals surface area contributed by atoms with E-state index >= 15 is 0 Å². The lowest BCUT2D eigenvalue weighted by atomic mass is 10.1. The van der Waals surface area contributed by atoms with E-state index in [-0.39, 0.29) is 5.60 Å². The second kappa shape index (κ2) is 3.31. The quantitative estimate of drug-likeness (QED) is 0.599. The Hall–Kier alpha value is 0.611. The summed E-state index contributed by atoms with van der Waals surface area (Å²) in [5.41, 5.74) is 0.903. The van der Waals surface area contributed by atoms with Crippen LogP contribution in [0, 0.1) is 0 Å². The first-order chi connectivity index (χ1) is 6.36. The third-order valence-electron chi connectivity index (χ3n) is 5.76. The maximum absolute atomic E-state index is 6.56. The molecule has 1 nitrogen and oxygen atoms in total. The van der Waals surface area contributed by atoms with Crippen molar-refractivity contribution < 1.29 is 4.43 Å².